The van der Waals surface area contributed by atoms with Crippen LogP contribution in [-0.4, -0.2) is 14.5 Å². The van der Waals surface area contributed by atoms with E-state index in [1.165, 1.54) is 15.9 Å². The summed E-state index contributed by atoms with van der Waals surface area (Å²) in [6, 6.07) is 6.77. The van der Waals surface area contributed by atoms with Crippen molar-refractivity contribution >= 4 is 55.0 Å². The Morgan fingerprint density at radius 3 is 2.75 bits per heavy atom. The lowest BCUT2D eigenvalue weighted by molar-refractivity contribution is 0.814. The highest BCUT2D eigenvalue weighted by Gasteiger charge is 2.20. The third-order valence-electron chi connectivity index (χ3n) is 4.28. The van der Waals surface area contributed by atoms with E-state index in [1.807, 2.05) is 19.9 Å². The Morgan fingerprint density at radius 2 is 2.04 bits per heavy atom. The standard InChI is InChI=1S/C18H12Cl2N6OS/c1-8-5-9(2)23-17-14(8)15-16(28-17)18(27)26(13(24-15)7-22-25-21)12-4-3-10(19)6-11(12)20/h3-6H,7H2,1-2H3. The van der Waals surface area contributed by atoms with Gasteiger partial charge in [0.1, 0.15) is 15.4 Å². The predicted molar refractivity (Wildman–Crippen MR) is 113 cm³/mol. The van der Waals surface area contributed by atoms with Crippen LogP contribution < -0.4 is 5.56 Å². The van der Waals surface area contributed by atoms with E-state index in [4.69, 9.17) is 28.7 Å². The van der Waals surface area contributed by atoms with E-state index in [9.17, 15) is 4.79 Å². The number of aryl methyl sites for hydroxylation is 2. The lowest BCUT2D eigenvalue weighted by Crippen LogP contribution is -2.23. The maximum Gasteiger partial charge on any atom is 0.276 e. The Bertz CT molecular complexity index is 1370. The lowest BCUT2D eigenvalue weighted by atomic mass is 10.1. The zero-order valence-corrected chi connectivity index (χ0v) is 17.1. The van der Waals surface area contributed by atoms with Crippen molar-refractivity contribution in [1.29, 1.82) is 0 Å². The maximum atomic E-state index is 13.4. The van der Waals surface area contributed by atoms with Crippen LogP contribution in [0.2, 0.25) is 10.0 Å². The highest BCUT2D eigenvalue weighted by atomic mass is 35.5. The molecule has 0 unspecified atom stereocenters. The summed E-state index contributed by atoms with van der Waals surface area (Å²) >= 11 is 13.6. The molecule has 0 aliphatic carbocycles. The lowest BCUT2D eigenvalue weighted by Gasteiger charge is -2.13. The molecule has 4 aromatic rings. The molecule has 0 radical (unpaired) electrons. The number of rotatable bonds is 3. The van der Waals surface area contributed by atoms with Gasteiger partial charge in [0.25, 0.3) is 5.56 Å². The van der Waals surface area contributed by atoms with Crippen LogP contribution >= 0.6 is 34.5 Å². The van der Waals surface area contributed by atoms with Crippen LogP contribution in [-0.2, 0) is 6.54 Å². The zero-order valence-electron chi connectivity index (χ0n) is 14.8. The summed E-state index contributed by atoms with van der Waals surface area (Å²) in [7, 11) is 0. The number of fused-ring (bicyclic) bond motifs is 3. The molecule has 0 fully saturated rings. The Labute approximate surface area is 172 Å². The molecule has 0 aliphatic heterocycles. The van der Waals surface area contributed by atoms with Crippen molar-refractivity contribution in [3.63, 3.8) is 0 Å². The van der Waals surface area contributed by atoms with E-state index in [0.29, 0.717) is 31.8 Å². The van der Waals surface area contributed by atoms with Gasteiger partial charge in [-0.15, -0.1) is 11.3 Å². The Hall–Kier alpha value is -2.64. The summed E-state index contributed by atoms with van der Waals surface area (Å²) in [4.78, 5) is 26.1. The zero-order chi connectivity index (χ0) is 20.0. The van der Waals surface area contributed by atoms with E-state index in [0.717, 1.165) is 21.5 Å². The number of azide groups is 1. The van der Waals surface area contributed by atoms with Gasteiger partial charge in [-0.05, 0) is 49.2 Å². The van der Waals surface area contributed by atoms with Gasteiger partial charge in [0.15, 0.2) is 0 Å². The fraction of sp³-hybridized carbons (Fsp3) is 0.167. The molecule has 0 aliphatic rings. The second kappa shape index (κ2) is 7.07. The van der Waals surface area contributed by atoms with Crippen molar-refractivity contribution in [2.75, 3.05) is 0 Å². The molecule has 1 aromatic carbocycles. The predicted octanol–water partition coefficient (Wildman–Crippen LogP) is 5.73. The molecule has 4 rings (SSSR count). The van der Waals surface area contributed by atoms with Crippen molar-refractivity contribution < 1.29 is 0 Å². The fourth-order valence-corrected chi connectivity index (χ4v) is 4.84. The van der Waals surface area contributed by atoms with Crippen LogP contribution in [0.3, 0.4) is 0 Å². The summed E-state index contributed by atoms with van der Waals surface area (Å²) < 4.78 is 1.83. The molecule has 0 amide bonds. The molecule has 0 N–H and O–H groups in total. The van der Waals surface area contributed by atoms with Gasteiger partial charge in [-0.25, -0.2) is 9.97 Å². The van der Waals surface area contributed by atoms with Crippen LogP contribution in [0.4, 0.5) is 0 Å². The minimum absolute atomic E-state index is 0.101. The second-order valence-electron chi connectivity index (χ2n) is 6.19. The maximum absolute atomic E-state index is 13.4. The summed E-state index contributed by atoms with van der Waals surface area (Å²) in [5.41, 5.74) is 11.3. The summed E-state index contributed by atoms with van der Waals surface area (Å²) in [5, 5.41) is 5.18. The highest BCUT2D eigenvalue weighted by molar-refractivity contribution is 7.25. The third-order valence-corrected chi connectivity index (χ3v) is 5.88. The van der Waals surface area contributed by atoms with E-state index < -0.39 is 0 Å². The molecule has 0 atom stereocenters. The average molecular weight is 431 g/mol. The molecule has 3 aromatic heterocycles. The van der Waals surface area contributed by atoms with Gasteiger partial charge in [0, 0.05) is 21.0 Å². The fourth-order valence-electron chi connectivity index (χ4n) is 3.18. The van der Waals surface area contributed by atoms with Gasteiger partial charge in [-0.1, -0.05) is 28.3 Å². The topological polar surface area (TPSA) is 96.5 Å². The van der Waals surface area contributed by atoms with E-state index in [-0.39, 0.29) is 12.1 Å². The van der Waals surface area contributed by atoms with Crippen molar-refractivity contribution in [3.05, 3.63) is 72.2 Å². The van der Waals surface area contributed by atoms with Crippen molar-refractivity contribution in [3.8, 4) is 5.69 Å². The molecule has 10 heteroatoms. The molecule has 0 saturated heterocycles. The quantitative estimate of drug-likeness (QED) is 0.235. The molecular weight excluding hydrogens is 419 g/mol. The normalized spacial score (nSPS) is 11.1. The van der Waals surface area contributed by atoms with E-state index >= 15 is 0 Å². The first-order chi connectivity index (χ1) is 13.4. The van der Waals surface area contributed by atoms with Gasteiger partial charge in [-0.2, -0.15) is 0 Å². The van der Waals surface area contributed by atoms with Gasteiger partial charge in [0.05, 0.1) is 22.8 Å². The summed E-state index contributed by atoms with van der Waals surface area (Å²) in [6.45, 7) is 3.76. The second-order valence-corrected chi connectivity index (χ2v) is 8.04. The number of aromatic nitrogens is 3. The SMILES string of the molecule is Cc1cc(C)c2c(n1)sc1c(=O)n(-c3ccc(Cl)cc3Cl)c(CN=[N+]=[N-])nc12. The summed E-state index contributed by atoms with van der Waals surface area (Å²) in [6.07, 6.45) is 0. The van der Waals surface area contributed by atoms with Crippen LogP contribution in [0.15, 0.2) is 34.2 Å². The Balaban J connectivity index is 2.15. The van der Waals surface area contributed by atoms with Gasteiger partial charge >= 0.3 is 0 Å². The molecule has 140 valence electrons. The number of benzene rings is 1. The van der Waals surface area contributed by atoms with Crippen molar-refractivity contribution in [2.24, 2.45) is 5.11 Å². The molecule has 7 nitrogen and oxygen atoms in total. The Kier molecular flexibility index (Phi) is 4.72. The van der Waals surface area contributed by atoms with Crippen LogP contribution in [0.25, 0.3) is 36.6 Å². The van der Waals surface area contributed by atoms with Crippen LogP contribution in [0.5, 0.6) is 0 Å². The molecule has 28 heavy (non-hydrogen) atoms. The molecule has 0 saturated carbocycles. The monoisotopic (exact) mass is 430 g/mol. The first-order valence-corrected chi connectivity index (χ1v) is 9.76. The van der Waals surface area contributed by atoms with Gasteiger partial charge in [-0.3, -0.25) is 9.36 Å². The number of thiophene rings is 1. The van der Waals surface area contributed by atoms with Gasteiger partial charge in [0.2, 0.25) is 0 Å². The van der Waals surface area contributed by atoms with Gasteiger partial charge < -0.3 is 0 Å². The number of hydrogen-bond donors (Lipinski definition) is 0. The number of hydrogen-bond acceptors (Lipinski definition) is 5. The molecule has 0 spiro atoms. The highest BCUT2D eigenvalue weighted by Crippen LogP contribution is 2.33. The molecule has 0 bridgehead atoms. The summed E-state index contributed by atoms with van der Waals surface area (Å²) in [5.74, 6) is 0.291. The number of nitrogens with zero attached hydrogens (tertiary/aromatic N) is 6. The molecule has 3 heterocycles. The number of halogens is 2. The first-order valence-electron chi connectivity index (χ1n) is 8.19. The van der Waals surface area contributed by atoms with Crippen molar-refractivity contribution in [2.45, 2.75) is 20.4 Å². The minimum Gasteiger partial charge on any atom is -0.267 e. The Morgan fingerprint density at radius 1 is 1.25 bits per heavy atom. The third kappa shape index (κ3) is 3.00. The minimum atomic E-state index is -0.294. The van der Waals surface area contributed by atoms with E-state index in [1.54, 1.807) is 18.2 Å². The van der Waals surface area contributed by atoms with Crippen LogP contribution in [0, 0.1) is 13.8 Å². The smallest absolute Gasteiger partial charge is 0.267 e. The molecular formula is C18H12Cl2N6OS. The first kappa shape index (κ1) is 18.7. The van der Waals surface area contributed by atoms with Crippen molar-refractivity contribution in [1.82, 2.24) is 14.5 Å². The average Bonchev–Trinajstić information content (AvgIpc) is 3.00. The largest absolute Gasteiger partial charge is 0.276 e. The van der Waals surface area contributed by atoms with E-state index in [2.05, 4.69) is 20.0 Å². The van der Waals surface area contributed by atoms with Crippen LogP contribution in [0.1, 0.15) is 17.1 Å². The number of pyridine rings is 1.